The van der Waals surface area contributed by atoms with Crippen molar-refractivity contribution in [2.75, 3.05) is 5.32 Å². The summed E-state index contributed by atoms with van der Waals surface area (Å²) in [6.07, 6.45) is -0.610. The van der Waals surface area contributed by atoms with Gasteiger partial charge in [0.25, 0.3) is 5.91 Å². The first-order valence-electron chi connectivity index (χ1n) is 9.66. The van der Waals surface area contributed by atoms with Crippen molar-refractivity contribution in [2.45, 2.75) is 50.5 Å². The number of aromatic nitrogens is 2. The summed E-state index contributed by atoms with van der Waals surface area (Å²) in [5, 5.41) is 14.2. The van der Waals surface area contributed by atoms with E-state index in [-0.39, 0.29) is 17.7 Å². The fourth-order valence-electron chi connectivity index (χ4n) is 3.49. The first kappa shape index (κ1) is 23.8. The van der Waals surface area contributed by atoms with Crippen molar-refractivity contribution in [2.24, 2.45) is 0 Å². The quantitative estimate of drug-likeness (QED) is 0.208. The van der Waals surface area contributed by atoms with Crippen LogP contribution in [0.3, 0.4) is 0 Å². The van der Waals surface area contributed by atoms with E-state index in [2.05, 4.69) is 15.6 Å². The van der Waals surface area contributed by atoms with E-state index < -0.39 is 35.1 Å². The molecule has 7 nitrogen and oxygen atoms in total. The minimum absolute atomic E-state index is 0.0488. The lowest BCUT2D eigenvalue weighted by atomic mass is 9.91. The number of rotatable bonds is 7. The normalized spacial score (nSPS) is 19.8. The fourth-order valence-corrected chi connectivity index (χ4v) is 3.63. The molecular formula is C19H20ClF5N6O. The first-order chi connectivity index (χ1) is 15.0. The van der Waals surface area contributed by atoms with Gasteiger partial charge in [0.15, 0.2) is 5.69 Å². The molecule has 0 aliphatic heterocycles. The van der Waals surface area contributed by atoms with Crippen LogP contribution in [-0.4, -0.2) is 39.1 Å². The molecule has 4 N–H and O–H groups in total. The monoisotopic (exact) mass is 478 g/mol. The van der Waals surface area contributed by atoms with E-state index in [1.54, 1.807) is 17.4 Å². The average molecular weight is 479 g/mol. The van der Waals surface area contributed by atoms with Crippen LogP contribution in [-0.2, 0) is 11.0 Å². The molecule has 0 spiro atoms. The Hall–Kier alpha value is -2.89. The molecule has 3 rings (SSSR count). The number of pyridine rings is 1. The summed E-state index contributed by atoms with van der Waals surface area (Å²) in [5.41, 5.74) is -1.21. The molecule has 1 aliphatic carbocycles. The van der Waals surface area contributed by atoms with Crippen LogP contribution in [0.5, 0.6) is 0 Å². The second-order valence-corrected chi connectivity index (χ2v) is 7.65. The third kappa shape index (κ3) is 5.87. The fraction of sp³-hybridized carbons (Fsp3) is 0.421. The number of hydrogen-bond acceptors (Lipinski definition) is 5. The van der Waals surface area contributed by atoms with E-state index in [9.17, 15) is 26.7 Å². The number of alkyl halides is 5. The Morgan fingerprint density at radius 2 is 1.88 bits per heavy atom. The molecule has 0 unspecified atom stereocenters. The first-order valence-corrected chi connectivity index (χ1v) is 10.0. The van der Waals surface area contributed by atoms with E-state index in [0.29, 0.717) is 37.7 Å². The molecule has 0 bridgehead atoms. The second-order valence-electron chi connectivity index (χ2n) is 7.27. The minimum Gasteiger partial charge on any atom is -0.368 e. The summed E-state index contributed by atoms with van der Waals surface area (Å²) in [7, 11) is 0. The third-order valence-electron chi connectivity index (χ3n) is 5.03. The standard InChI is InChI=1S/C19H20ClF5N6O/c20-16(26)12(8-27-18(21)22)17(32)29-11-6-4-10(5-7-11)28-14-2-1-3-15-30-13(9-31(14)15)19(23,24)25/h1-3,8-11,18,26-28H,4-7H2,(H,29,32)/b12-8+,26-16?. The Bertz CT molecular complexity index is 1010. The van der Waals surface area contributed by atoms with Crippen LogP contribution < -0.4 is 16.0 Å². The lowest BCUT2D eigenvalue weighted by molar-refractivity contribution is -0.140. The molecule has 2 aromatic heterocycles. The van der Waals surface area contributed by atoms with E-state index in [1.807, 2.05) is 0 Å². The van der Waals surface area contributed by atoms with Crippen LogP contribution in [0.25, 0.3) is 5.65 Å². The molecule has 1 aliphatic rings. The molecule has 174 valence electrons. The van der Waals surface area contributed by atoms with Gasteiger partial charge in [0.05, 0.1) is 5.57 Å². The number of halogens is 6. The van der Waals surface area contributed by atoms with Crippen molar-refractivity contribution in [3.63, 3.8) is 0 Å². The van der Waals surface area contributed by atoms with Crippen LogP contribution in [0.1, 0.15) is 31.4 Å². The predicted octanol–water partition coefficient (Wildman–Crippen LogP) is 4.10. The smallest absolute Gasteiger partial charge is 0.368 e. The maximum absolute atomic E-state index is 13.0. The Balaban J connectivity index is 1.59. The van der Waals surface area contributed by atoms with Gasteiger partial charge in [0.1, 0.15) is 16.6 Å². The third-order valence-corrected chi connectivity index (χ3v) is 5.24. The molecule has 13 heteroatoms. The molecule has 1 fully saturated rings. The van der Waals surface area contributed by atoms with Gasteiger partial charge in [0.2, 0.25) is 0 Å². The Morgan fingerprint density at radius 1 is 1.22 bits per heavy atom. The Morgan fingerprint density at radius 3 is 2.47 bits per heavy atom. The number of nitrogens with zero attached hydrogens (tertiary/aromatic N) is 2. The largest absolute Gasteiger partial charge is 0.434 e. The lowest BCUT2D eigenvalue weighted by Crippen LogP contribution is -2.41. The highest BCUT2D eigenvalue weighted by Crippen LogP contribution is 2.30. The molecule has 32 heavy (non-hydrogen) atoms. The van der Waals surface area contributed by atoms with Crippen molar-refractivity contribution >= 4 is 34.1 Å². The molecular weight excluding hydrogens is 459 g/mol. The Kier molecular flexibility index (Phi) is 7.22. The van der Waals surface area contributed by atoms with Gasteiger partial charge in [0, 0.05) is 24.5 Å². The SMILES string of the molecule is N=C(Cl)/C(=C\NC(F)F)C(=O)NC1CCC(Nc2cccc3nc(C(F)(F)F)cn23)CC1. The van der Waals surface area contributed by atoms with Gasteiger partial charge in [-0.05, 0) is 37.8 Å². The molecule has 0 aromatic carbocycles. The molecule has 0 saturated heterocycles. The average Bonchev–Trinajstić information content (AvgIpc) is 3.15. The zero-order valence-electron chi connectivity index (χ0n) is 16.5. The van der Waals surface area contributed by atoms with Crippen LogP contribution in [0.2, 0.25) is 0 Å². The van der Waals surface area contributed by atoms with Crippen molar-refractivity contribution in [3.8, 4) is 0 Å². The molecule has 2 heterocycles. The van der Waals surface area contributed by atoms with Gasteiger partial charge in [-0.25, -0.2) is 4.98 Å². The van der Waals surface area contributed by atoms with E-state index >= 15 is 0 Å². The van der Waals surface area contributed by atoms with Gasteiger partial charge in [-0.2, -0.15) is 22.0 Å². The van der Waals surface area contributed by atoms with E-state index in [0.717, 1.165) is 6.20 Å². The highest BCUT2D eigenvalue weighted by atomic mass is 35.5. The van der Waals surface area contributed by atoms with Crippen LogP contribution in [0, 0.1) is 5.41 Å². The summed E-state index contributed by atoms with van der Waals surface area (Å²) < 4.78 is 64.8. The molecule has 1 amide bonds. The topological polar surface area (TPSA) is 94.3 Å². The summed E-state index contributed by atoms with van der Waals surface area (Å²) in [6.45, 7) is -2.90. The predicted molar refractivity (Wildman–Crippen MR) is 109 cm³/mol. The van der Waals surface area contributed by atoms with Crippen LogP contribution >= 0.6 is 11.6 Å². The zero-order chi connectivity index (χ0) is 23.5. The van der Waals surface area contributed by atoms with Gasteiger partial charge < -0.3 is 16.0 Å². The summed E-state index contributed by atoms with van der Waals surface area (Å²) >= 11 is 5.51. The van der Waals surface area contributed by atoms with Crippen molar-refractivity contribution in [1.82, 2.24) is 20.0 Å². The summed E-state index contributed by atoms with van der Waals surface area (Å²) in [6, 6.07) is 4.44. The summed E-state index contributed by atoms with van der Waals surface area (Å²) in [5.74, 6) is -0.269. The van der Waals surface area contributed by atoms with Crippen molar-refractivity contribution < 1.29 is 26.7 Å². The summed E-state index contributed by atoms with van der Waals surface area (Å²) in [4.78, 5) is 15.9. The number of amides is 1. The maximum Gasteiger partial charge on any atom is 0.434 e. The number of anilines is 1. The number of carbonyl (C=O) groups is 1. The van der Waals surface area contributed by atoms with E-state index in [4.69, 9.17) is 17.0 Å². The van der Waals surface area contributed by atoms with Crippen molar-refractivity contribution in [3.05, 3.63) is 41.9 Å². The van der Waals surface area contributed by atoms with Crippen LogP contribution in [0.15, 0.2) is 36.2 Å². The zero-order valence-corrected chi connectivity index (χ0v) is 17.3. The molecule has 0 radical (unpaired) electrons. The second kappa shape index (κ2) is 9.72. The number of carbonyl (C=O) groups excluding carboxylic acids is 1. The van der Waals surface area contributed by atoms with Gasteiger partial charge in [-0.1, -0.05) is 17.7 Å². The van der Waals surface area contributed by atoms with E-state index in [1.165, 1.54) is 10.5 Å². The number of nitrogens with one attached hydrogen (secondary N) is 4. The highest BCUT2D eigenvalue weighted by Gasteiger charge is 2.34. The van der Waals surface area contributed by atoms with Crippen molar-refractivity contribution in [1.29, 1.82) is 5.41 Å². The van der Waals surface area contributed by atoms with Gasteiger partial charge in [-0.15, -0.1) is 0 Å². The minimum atomic E-state index is -4.54. The van der Waals surface area contributed by atoms with Gasteiger partial charge in [-0.3, -0.25) is 14.6 Å². The molecule has 0 atom stereocenters. The molecule has 2 aromatic rings. The lowest BCUT2D eigenvalue weighted by Gasteiger charge is -2.30. The number of hydrogen-bond donors (Lipinski definition) is 4. The number of imidazole rings is 1. The Labute approximate surface area is 184 Å². The van der Waals surface area contributed by atoms with Crippen LogP contribution in [0.4, 0.5) is 27.8 Å². The molecule has 1 saturated carbocycles. The highest BCUT2D eigenvalue weighted by molar-refractivity contribution is 6.71. The maximum atomic E-state index is 13.0. The number of fused-ring (bicyclic) bond motifs is 1. The van der Waals surface area contributed by atoms with Gasteiger partial charge >= 0.3 is 12.7 Å².